The molecule has 1 aliphatic heterocycles. The maximum atomic E-state index is 13.5. The normalized spacial score (nSPS) is 15.2. The van der Waals surface area contributed by atoms with Gasteiger partial charge in [-0.05, 0) is 63.2 Å². The van der Waals surface area contributed by atoms with Crippen molar-refractivity contribution in [1.82, 2.24) is 19.9 Å². The van der Waals surface area contributed by atoms with Crippen molar-refractivity contribution in [2.24, 2.45) is 5.92 Å². The number of benzene rings is 2. The van der Waals surface area contributed by atoms with E-state index in [9.17, 15) is 4.39 Å². The fraction of sp³-hybridized carbons (Fsp3) is 0.292. The second kappa shape index (κ2) is 9.18. The van der Waals surface area contributed by atoms with E-state index in [1.54, 1.807) is 35.9 Å². The van der Waals surface area contributed by atoms with E-state index >= 15 is 0 Å². The molecule has 6 nitrogen and oxygen atoms in total. The predicted molar refractivity (Wildman–Crippen MR) is 126 cm³/mol. The lowest BCUT2D eigenvalue weighted by Crippen LogP contribution is -2.32. The van der Waals surface area contributed by atoms with Crippen molar-refractivity contribution in [3.8, 4) is 16.3 Å². The number of piperidine rings is 1. The molecule has 3 heterocycles. The summed E-state index contributed by atoms with van der Waals surface area (Å²) in [5.41, 5.74) is 2.31. The summed E-state index contributed by atoms with van der Waals surface area (Å²) in [4.78, 5) is 15.9. The molecule has 0 radical (unpaired) electrons. The molecule has 0 unspecified atom stereocenters. The molecule has 0 saturated carbocycles. The Kier molecular flexibility index (Phi) is 5.96. The van der Waals surface area contributed by atoms with Crippen LogP contribution in [0.25, 0.3) is 21.5 Å². The molecule has 2 aromatic heterocycles. The zero-order valence-corrected chi connectivity index (χ0v) is 18.6. The summed E-state index contributed by atoms with van der Waals surface area (Å²) in [6.45, 7) is 2.89. The molecule has 164 valence electrons. The van der Waals surface area contributed by atoms with Crippen LogP contribution in [-0.4, -0.2) is 46.6 Å². The van der Waals surface area contributed by atoms with Crippen molar-refractivity contribution >= 4 is 33.9 Å². The molecule has 8 heteroatoms. The van der Waals surface area contributed by atoms with Gasteiger partial charge in [0.25, 0.3) is 0 Å². The van der Waals surface area contributed by atoms with E-state index in [0.29, 0.717) is 24.2 Å². The van der Waals surface area contributed by atoms with Gasteiger partial charge in [0.15, 0.2) is 0 Å². The fourth-order valence-corrected chi connectivity index (χ4v) is 4.55. The number of likely N-dealkylation sites (tertiary alicyclic amines) is 1. The molecule has 0 spiro atoms. The first kappa shape index (κ1) is 20.8. The van der Waals surface area contributed by atoms with Gasteiger partial charge >= 0.3 is 0 Å². The van der Waals surface area contributed by atoms with E-state index in [-0.39, 0.29) is 5.82 Å². The van der Waals surface area contributed by atoms with Crippen LogP contribution in [0.2, 0.25) is 0 Å². The van der Waals surface area contributed by atoms with E-state index in [1.807, 2.05) is 17.5 Å². The Bertz CT molecular complexity index is 1210. The summed E-state index contributed by atoms with van der Waals surface area (Å²) in [6, 6.07) is 10.2. The van der Waals surface area contributed by atoms with E-state index < -0.39 is 0 Å². The zero-order valence-electron chi connectivity index (χ0n) is 17.8. The van der Waals surface area contributed by atoms with Crippen LogP contribution in [-0.2, 0) is 0 Å². The summed E-state index contributed by atoms with van der Waals surface area (Å²) >= 11 is 1.58. The van der Waals surface area contributed by atoms with Crippen molar-refractivity contribution in [3.05, 3.63) is 60.0 Å². The Morgan fingerprint density at radius 2 is 2.06 bits per heavy atom. The smallest absolute Gasteiger partial charge is 0.227 e. The number of thiazole rings is 1. The average molecular weight is 450 g/mol. The molecule has 5 rings (SSSR count). The number of hydrogen-bond donors (Lipinski definition) is 1. The molecular formula is C24H24FN5OS. The predicted octanol–water partition coefficient (Wildman–Crippen LogP) is 5.36. The number of ether oxygens (including phenoxy) is 1. The quantitative estimate of drug-likeness (QED) is 0.428. The van der Waals surface area contributed by atoms with Gasteiger partial charge in [0.05, 0.1) is 17.7 Å². The monoisotopic (exact) mass is 449 g/mol. The molecule has 4 aromatic rings. The van der Waals surface area contributed by atoms with Crippen LogP contribution in [0.3, 0.4) is 0 Å². The van der Waals surface area contributed by atoms with Crippen molar-refractivity contribution in [1.29, 1.82) is 0 Å². The molecule has 0 aliphatic carbocycles. The molecule has 0 atom stereocenters. The number of nitrogens with zero attached hydrogens (tertiary/aromatic N) is 4. The highest BCUT2D eigenvalue weighted by atomic mass is 32.1. The van der Waals surface area contributed by atoms with Crippen LogP contribution >= 0.6 is 11.3 Å². The molecule has 2 aromatic carbocycles. The Balaban J connectivity index is 1.44. The van der Waals surface area contributed by atoms with Gasteiger partial charge in [-0.1, -0.05) is 6.07 Å². The summed E-state index contributed by atoms with van der Waals surface area (Å²) in [5, 5.41) is 6.83. The van der Waals surface area contributed by atoms with Gasteiger partial charge in [-0.25, -0.2) is 19.3 Å². The Morgan fingerprint density at radius 1 is 1.19 bits per heavy atom. The van der Waals surface area contributed by atoms with Gasteiger partial charge < -0.3 is 15.0 Å². The SMILES string of the molecule is CN1CCC(COc2cc3nc(Nc4cccc(F)c4)ncc3cc2-c2nccs2)CC1. The summed E-state index contributed by atoms with van der Waals surface area (Å²) < 4.78 is 19.8. The molecular weight excluding hydrogens is 425 g/mol. The van der Waals surface area contributed by atoms with Crippen LogP contribution in [0.1, 0.15) is 12.8 Å². The van der Waals surface area contributed by atoms with Gasteiger partial charge in [-0.2, -0.15) is 0 Å². The fourth-order valence-electron chi connectivity index (χ4n) is 3.89. The number of aromatic nitrogens is 3. The standard InChI is InChI=1S/C24H24FN5OS/c1-30-8-5-16(6-9-30)15-31-22-13-21-17(11-20(22)23-26-7-10-32-23)14-27-24(29-21)28-19-4-2-3-18(25)12-19/h2-4,7,10-14,16H,5-6,8-9,15H2,1H3,(H,27,28,29). The lowest BCUT2D eigenvalue weighted by molar-refractivity contribution is 0.160. The van der Waals surface area contributed by atoms with Gasteiger partial charge in [0, 0.05) is 34.9 Å². The highest BCUT2D eigenvalue weighted by Gasteiger charge is 2.19. The summed E-state index contributed by atoms with van der Waals surface area (Å²) in [5.74, 6) is 1.42. The van der Waals surface area contributed by atoms with Crippen molar-refractivity contribution in [2.45, 2.75) is 12.8 Å². The second-order valence-corrected chi connectivity index (χ2v) is 9.03. The van der Waals surface area contributed by atoms with E-state index in [4.69, 9.17) is 4.74 Å². The Morgan fingerprint density at radius 3 is 2.84 bits per heavy atom. The largest absolute Gasteiger partial charge is 0.492 e. The number of halogens is 1. The maximum absolute atomic E-state index is 13.5. The average Bonchev–Trinajstić information content (AvgIpc) is 3.33. The number of nitrogens with one attached hydrogen (secondary N) is 1. The van der Waals surface area contributed by atoms with Crippen LogP contribution < -0.4 is 10.1 Å². The lowest BCUT2D eigenvalue weighted by Gasteiger charge is -2.29. The third-order valence-corrected chi connectivity index (χ3v) is 6.54. The molecule has 32 heavy (non-hydrogen) atoms. The summed E-state index contributed by atoms with van der Waals surface area (Å²) in [6.07, 6.45) is 5.84. The topological polar surface area (TPSA) is 63.2 Å². The van der Waals surface area contributed by atoms with Crippen molar-refractivity contribution < 1.29 is 9.13 Å². The molecule has 0 bridgehead atoms. The molecule has 1 fully saturated rings. The number of anilines is 2. The van der Waals surface area contributed by atoms with Gasteiger partial charge in [0.1, 0.15) is 16.6 Å². The second-order valence-electron chi connectivity index (χ2n) is 8.13. The first-order valence-corrected chi connectivity index (χ1v) is 11.6. The zero-order chi connectivity index (χ0) is 21.9. The molecule has 1 saturated heterocycles. The maximum Gasteiger partial charge on any atom is 0.227 e. The Labute approximate surface area is 190 Å². The van der Waals surface area contributed by atoms with Gasteiger partial charge in [0.2, 0.25) is 5.95 Å². The van der Waals surface area contributed by atoms with E-state index in [0.717, 1.165) is 53.2 Å². The third kappa shape index (κ3) is 4.71. The number of hydrogen-bond acceptors (Lipinski definition) is 7. The van der Waals surface area contributed by atoms with E-state index in [1.165, 1.54) is 12.1 Å². The minimum absolute atomic E-state index is 0.312. The molecule has 1 N–H and O–H groups in total. The van der Waals surface area contributed by atoms with E-state index in [2.05, 4.69) is 32.2 Å². The molecule has 1 aliphatic rings. The minimum atomic E-state index is -0.312. The lowest BCUT2D eigenvalue weighted by atomic mass is 9.98. The van der Waals surface area contributed by atoms with Gasteiger partial charge in [-0.15, -0.1) is 11.3 Å². The third-order valence-electron chi connectivity index (χ3n) is 5.74. The van der Waals surface area contributed by atoms with Crippen LogP contribution in [0.5, 0.6) is 5.75 Å². The van der Waals surface area contributed by atoms with Crippen LogP contribution in [0, 0.1) is 11.7 Å². The van der Waals surface area contributed by atoms with Crippen LogP contribution in [0.15, 0.2) is 54.2 Å². The van der Waals surface area contributed by atoms with Crippen molar-refractivity contribution in [2.75, 3.05) is 32.1 Å². The van der Waals surface area contributed by atoms with Gasteiger partial charge in [-0.3, -0.25) is 0 Å². The van der Waals surface area contributed by atoms with Crippen molar-refractivity contribution in [3.63, 3.8) is 0 Å². The highest BCUT2D eigenvalue weighted by Crippen LogP contribution is 2.36. The Hall–Kier alpha value is -3.10. The highest BCUT2D eigenvalue weighted by molar-refractivity contribution is 7.13. The number of rotatable bonds is 6. The molecule has 0 amide bonds. The van der Waals surface area contributed by atoms with Crippen LogP contribution in [0.4, 0.5) is 16.0 Å². The summed E-state index contributed by atoms with van der Waals surface area (Å²) in [7, 11) is 2.16. The first-order chi connectivity index (χ1) is 15.6. The first-order valence-electron chi connectivity index (χ1n) is 10.7. The number of fused-ring (bicyclic) bond motifs is 1. The minimum Gasteiger partial charge on any atom is -0.492 e.